The van der Waals surface area contributed by atoms with Crippen LogP contribution in [0.3, 0.4) is 0 Å². The van der Waals surface area contributed by atoms with Gasteiger partial charge in [0.1, 0.15) is 0 Å². The average Bonchev–Trinajstić information content (AvgIpc) is 3.04. The third kappa shape index (κ3) is 3.22. The van der Waals surface area contributed by atoms with E-state index in [-0.39, 0.29) is 6.04 Å². The summed E-state index contributed by atoms with van der Waals surface area (Å²) in [5, 5.41) is 20.3. The van der Waals surface area contributed by atoms with Crippen molar-refractivity contribution in [3.05, 3.63) is 23.3 Å². The molecule has 2 aromatic heterocycles. The molecule has 7 heteroatoms. The van der Waals surface area contributed by atoms with E-state index in [0.717, 1.165) is 37.4 Å². The molecule has 7 nitrogen and oxygen atoms in total. The third-order valence-corrected chi connectivity index (χ3v) is 3.27. The van der Waals surface area contributed by atoms with Crippen molar-refractivity contribution in [3.63, 3.8) is 0 Å². The minimum Gasteiger partial charge on any atom is -0.309 e. The first-order chi connectivity index (χ1) is 9.67. The van der Waals surface area contributed by atoms with Gasteiger partial charge in [-0.2, -0.15) is 9.90 Å². The first kappa shape index (κ1) is 14.6. The molecule has 110 valence electrons. The Morgan fingerprint density at radius 1 is 1.25 bits per heavy atom. The number of aromatic nitrogens is 6. The Balaban J connectivity index is 2.25. The maximum atomic E-state index is 4.61. The van der Waals surface area contributed by atoms with Crippen LogP contribution in [-0.2, 0) is 26.4 Å². The van der Waals surface area contributed by atoms with Crippen molar-refractivity contribution in [2.45, 2.75) is 46.2 Å². The predicted octanol–water partition coefficient (Wildman–Crippen LogP) is 0.882. The summed E-state index contributed by atoms with van der Waals surface area (Å²) in [4.78, 5) is 1.49. The molecule has 0 amide bonds. The molecule has 2 heterocycles. The predicted molar refractivity (Wildman–Crippen MR) is 76.2 cm³/mol. The van der Waals surface area contributed by atoms with E-state index in [2.05, 4.69) is 57.3 Å². The summed E-state index contributed by atoms with van der Waals surface area (Å²) in [6, 6.07) is 2.34. The average molecular weight is 277 g/mol. The molecule has 0 aromatic carbocycles. The molecule has 0 fully saturated rings. The van der Waals surface area contributed by atoms with Crippen molar-refractivity contribution in [1.29, 1.82) is 0 Å². The second-order valence-corrected chi connectivity index (χ2v) is 4.74. The molecule has 0 saturated carbocycles. The summed E-state index contributed by atoms with van der Waals surface area (Å²) < 4.78 is 2.06. The number of hydrogen-bond acceptors (Lipinski definition) is 5. The van der Waals surface area contributed by atoms with Crippen molar-refractivity contribution < 1.29 is 0 Å². The first-order valence-electron chi connectivity index (χ1n) is 7.20. The van der Waals surface area contributed by atoms with E-state index >= 15 is 0 Å². The maximum Gasteiger partial charge on any atom is 0.176 e. The summed E-state index contributed by atoms with van der Waals surface area (Å²) in [6.45, 7) is 8.09. The Labute approximate surface area is 119 Å². The SMILES string of the molecule is CCNC(Cc1nnn(C)n1)c1cc(CC)nn1CC. The van der Waals surface area contributed by atoms with Gasteiger partial charge >= 0.3 is 0 Å². The first-order valence-corrected chi connectivity index (χ1v) is 7.20. The van der Waals surface area contributed by atoms with Crippen LogP contribution >= 0.6 is 0 Å². The maximum absolute atomic E-state index is 4.61. The van der Waals surface area contributed by atoms with Crippen molar-refractivity contribution in [1.82, 2.24) is 35.3 Å². The van der Waals surface area contributed by atoms with E-state index in [9.17, 15) is 0 Å². The van der Waals surface area contributed by atoms with Gasteiger partial charge in [-0.15, -0.1) is 10.2 Å². The molecule has 0 bridgehead atoms. The lowest BCUT2D eigenvalue weighted by atomic mass is 10.1. The normalized spacial score (nSPS) is 12.8. The fourth-order valence-corrected chi connectivity index (χ4v) is 2.31. The van der Waals surface area contributed by atoms with E-state index in [0.29, 0.717) is 0 Å². The summed E-state index contributed by atoms with van der Waals surface area (Å²) in [7, 11) is 1.78. The van der Waals surface area contributed by atoms with E-state index in [4.69, 9.17) is 0 Å². The van der Waals surface area contributed by atoms with Gasteiger partial charge in [0.15, 0.2) is 5.82 Å². The number of tetrazole rings is 1. The topological polar surface area (TPSA) is 73.5 Å². The van der Waals surface area contributed by atoms with Gasteiger partial charge in [0.05, 0.1) is 24.5 Å². The Morgan fingerprint density at radius 2 is 2.05 bits per heavy atom. The van der Waals surface area contributed by atoms with Gasteiger partial charge in [0, 0.05) is 13.0 Å². The highest BCUT2D eigenvalue weighted by atomic mass is 15.6. The number of nitrogens with zero attached hydrogens (tertiary/aromatic N) is 6. The zero-order chi connectivity index (χ0) is 14.5. The minimum atomic E-state index is 0.164. The molecule has 2 rings (SSSR count). The third-order valence-electron chi connectivity index (χ3n) is 3.27. The summed E-state index contributed by atoms with van der Waals surface area (Å²) in [6.07, 6.45) is 1.67. The molecule has 20 heavy (non-hydrogen) atoms. The van der Waals surface area contributed by atoms with Crippen LogP contribution in [-0.4, -0.2) is 36.5 Å². The van der Waals surface area contributed by atoms with E-state index in [1.54, 1.807) is 7.05 Å². The lowest BCUT2D eigenvalue weighted by Crippen LogP contribution is -2.26. The molecule has 1 N–H and O–H groups in total. The van der Waals surface area contributed by atoms with Crippen molar-refractivity contribution in [2.24, 2.45) is 7.05 Å². The highest BCUT2D eigenvalue weighted by Gasteiger charge is 2.19. The van der Waals surface area contributed by atoms with Crippen LogP contribution in [0.2, 0.25) is 0 Å². The van der Waals surface area contributed by atoms with E-state index in [1.165, 1.54) is 10.5 Å². The van der Waals surface area contributed by atoms with Crippen LogP contribution in [0.4, 0.5) is 0 Å². The van der Waals surface area contributed by atoms with Gasteiger partial charge < -0.3 is 5.32 Å². The molecule has 1 atom stereocenters. The number of likely N-dealkylation sites (N-methyl/N-ethyl adjacent to an activating group) is 1. The zero-order valence-electron chi connectivity index (χ0n) is 12.7. The molecular weight excluding hydrogens is 254 g/mol. The van der Waals surface area contributed by atoms with Gasteiger partial charge in [0.25, 0.3) is 0 Å². The largest absolute Gasteiger partial charge is 0.309 e. The van der Waals surface area contributed by atoms with Crippen LogP contribution in [0.1, 0.15) is 44.0 Å². The number of nitrogens with one attached hydrogen (secondary N) is 1. The zero-order valence-corrected chi connectivity index (χ0v) is 12.7. The molecule has 0 spiro atoms. The summed E-state index contributed by atoms with van der Waals surface area (Å²) in [5.41, 5.74) is 2.32. The molecule has 0 aliphatic heterocycles. The van der Waals surface area contributed by atoms with Gasteiger partial charge in [-0.3, -0.25) is 4.68 Å². The van der Waals surface area contributed by atoms with Crippen molar-refractivity contribution >= 4 is 0 Å². The molecule has 0 aliphatic carbocycles. The summed E-state index contributed by atoms with van der Waals surface area (Å²) >= 11 is 0. The smallest absolute Gasteiger partial charge is 0.176 e. The Kier molecular flexibility index (Phi) is 4.84. The van der Waals surface area contributed by atoms with E-state index in [1.807, 2.05) is 0 Å². The quantitative estimate of drug-likeness (QED) is 0.813. The number of rotatable bonds is 7. The fourth-order valence-electron chi connectivity index (χ4n) is 2.31. The van der Waals surface area contributed by atoms with Crippen molar-refractivity contribution in [3.8, 4) is 0 Å². The van der Waals surface area contributed by atoms with Crippen LogP contribution in [0.5, 0.6) is 0 Å². The second-order valence-electron chi connectivity index (χ2n) is 4.74. The molecule has 0 saturated heterocycles. The molecular formula is C13H23N7. The standard InChI is InChI=1S/C13H23N7/c1-5-10-8-12(20(7-3)16-10)11(14-6-2)9-13-15-18-19(4)17-13/h8,11,14H,5-7,9H2,1-4H3. The van der Waals surface area contributed by atoms with Gasteiger partial charge in [0.2, 0.25) is 0 Å². The molecule has 0 radical (unpaired) electrons. The Morgan fingerprint density at radius 3 is 2.60 bits per heavy atom. The van der Waals surface area contributed by atoms with Crippen molar-refractivity contribution in [2.75, 3.05) is 6.54 Å². The lowest BCUT2D eigenvalue weighted by Gasteiger charge is -2.17. The van der Waals surface area contributed by atoms with Crippen LogP contribution in [0.15, 0.2) is 6.07 Å². The lowest BCUT2D eigenvalue weighted by molar-refractivity contribution is 0.481. The molecule has 2 aromatic rings. The monoisotopic (exact) mass is 277 g/mol. The Bertz CT molecular complexity index is 543. The Hall–Kier alpha value is -1.76. The number of hydrogen-bond donors (Lipinski definition) is 1. The van der Waals surface area contributed by atoms with E-state index < -0.39 is 0 Å². The highest BCUT2D eigenvalue weighted by molar-refractivity contribution is 5.16. The minimum absolute atomic E-state index is 0.164. The number of aryl methyl sites for hydroxylation is 3. The van der Waals surface area contributed by atoms with Crippen LogP contribution in [0, 0.1) is 0 Å². The van der Waals surface area contributed by atoms with Gasteiger partial charge in [-0.05, 0) is 31.2 Å². The summed E-state index contributed by atoms with van der Waals surface area (Å²) in [5.74, 6) is 0.750. The van der Waals surface area contributed by atoms with Gasteiger partial charge in [-0.1, -0.05) is 13.8 Å². The van der Waals surface area contributed by atoms with Crippen LogP contribution in [0.25, 0.3) is 0 Å². The highest BCUT2D eigenvalue weighted by Crippen LogP contribution is 2.18. The molecule has 0 aliphatic rings. The van der Waals surface area contributed by atoms with Gasteiger partial charge in [-0.25, -0.2) is 0 Å². The van der Waals surface area contributed by atoms with Crippen LogP contribution < -0.4 is 5.32 Å². The second kappa shape index (κ2) is 6.60. The fraction of sp³-hybridized carbons (Fsp3) is 0.692. The molecule has 1 unspecified atom stereocenters.